The number of carbonyl (C=O) groups is 3. The summed E-state index contributed by atoms with van der Waals surface area (Å²) in [4.78, 5) is 37.3. The summed E-state index contributed by atoms with van der Waals surface area (Å²) in [7, 11) is 1.49. The average molecular weight is 398 g/mol. The summed E-state index contributed by atoms with van der Waals surface area (Å²) < 4.78 is 5.94. The van der Waals surface area contributed by atoms with Gasteiger partial charge < -0.3 is 14.7 Å². The van der Waals surface area contributed by atoms with Crippen LogP contribution in [0.3, 0.4) is 0 Å². The van der Waals surface area contributed by atoms with E-state index in [9.17, 15) is 14.4 Å². The second-order valence-electron chi connectivity index (χ2n) is 5.99. The molecule has 1 fully saturated rings. The largest absolute Gasteiger partial charge is 0.496 e. The van der Waals surface area contributed by atoms with Gasteiger partial charge in [0.2, 0.25) is 5.91 Å². The Morgan fingerprint density at radius 2 is 2.00 bits per heavy atom. The lowest BCUT2D eigenvalue weighted by molar-refractivity contribution is -0.142. The molecule has 0 unspecified atom stereocenters. The Morgan fingerprint density at radius 3 is 2.58 bits per heavy atom. The number of hydrogen-bond acceptors (Lipinski definition) is 4. The van der Waals surface area contributed by atoms with Crippen molar-refractivity contribution < 1.29 is 24.2 Å². The first-order valence-electron chi connectivity index (χ1n) is 7.70. The van der Waals surface area contributed by atoms with Gasteiger partial charge in [0.15, 0.2) is 5.78 Å². The maximum absolute atomic E-state index is 12.4. The summed E-state index contributed by atoms with van der Waals surface area (Å²) in [5, 5.41) is 9.12. The van der Waals surface area contributed by atoms with Crippen molar-refractivity contribution in [2.75, 3.05) is 20.2 Å². The van der Waals surface area contributed by atoms with E-state index in [0.29, 0.717) is 17.9 Å². The van der Waals surface area contributed by atoms with Crippen LogP contribution < -0.4 is 4.74 Å². The number of ketones is 1. The van der Waals surface area contributed by atoms with Gasteiger partial charge in [-0.2, -0.15) is 0 Å². The zero-order valence-corrected chi connectivity index (χ0v) is 15.2. The number of amides is 1. The summed E-state index contributed by atoms with van der Waals surface area (Å²) in [6.07, 6.45) is 0.127. The van der Waals surface area contributed by atoms with Crippen LogP contribution in [0.4, 0.5) is 0 Å². The van der Waals surface area contributed by atoms with Crippen molar-refractivity contribution in [3.63, 3.8) is 0 Å². The van der Waals surface area contributed by atoms with Crippen LogP contribution >= 0.6 is 15.9 Å². The third-order valence-electron chi connectivity index (χ3n) is 4.31. The van der Waals surface area contributed by atoms with Gasteiger partial charge in [-0.15, -0.1) is 0 Å². The van der Waals surface area contributed by atoms with E-state index in [0.717, 1.165) is 4.47 Å². The number of carboxylic acid groups (broad SMARTS) is 1. The normalized spacial score (nSPS) is 20.0. The Kier molecular flexibility index (Phi) is 5.99. The first kappa shape index (κ1) is 18.4. The van der Waals surface area contributed by atoms with Crippen LogP contribution in [-0.4, -0.2) is 47.9 Å². The molecular weight excluding hydrogens is 378 g/mol. The maximum Gasteiger partial charge on any atom is 0.308 e. The number of rotatable bonds is 6. The lowest BCUT2D eigenvalue weighted by atomic mass is 9.99. The molecule has 1 aliphatic rings. The van der Waals surface area contributed by atoms with Crippen molar-refractivity contribution in [3.8, 4) is 5.75 Å². The van der Waals surface area contributed by atoms with E-state index in [2.05, 4.69) is 15.9 Å². The Bertz CT molecular complexity index is 660. The highest BCUT2D eigenvalue weighted by Gasteiger charge is 2.36. The molecule has 1 heterocycles. The molecule has 2 rings (SSSR count). The second kappa shape index (κ2) is 7.79. The summed E-state index contributed by atoms with van der Waals surface area (Å²) >= 11 is 3.32. The van der Waals surface area contributed by atoms with Crippen LogP contribution in [0.15, 0.2) is 22.7 Å². The van der Waals surface area contributed by atoms with E-state index in [-0.39, 0.29) is 37.0 Å². The van der Waals surface area contributed by atoms with Gasteiger partial charge in [0.1, 0.15) is 5.75 Å². The number of hydrogen-bond donors (Lipinski definition) is 1. The quantitative estimate of drug-likeness (QED) is 0.745. The molecule has 1 saturated heterocycles. The van der Waals surface area contributed by atoms with Crippen molar-refractivity contribution in [1.82, 2.24) is 4.90 Å². The van der Waals surface area contributed by atoms with Crippen molar-refractivity contribution in [2.45, 2.75) is 19.8 Å². The SMILES string of the molecule is COc1ccc(Br)cc1C(=O)CCC(=O)N1C[C@@H](C)[C@H](C(=O)O)C1. The van der Waals surface area contributed by atoms with Crippen LogP contribution in [-0.2, 0) is 9.59 Å². The smallest absolute Gasteiger partial charge is 0.308 e. The van der Waals surface area contributed by atoms with E-state index in [1.807, 2.05) is 6.92 Å². The topological polar surface area (TPSA) is 83.9 Å². The third-order valence-corrected chi connectivity index (χ3v) is 4.80. The monoisotopic (exact) mass is 397 g/mol. The summed E-state index contributed by atoms with van der Waals surface area (Å²) in [6, 6.07) is 5.14. The third kappa shape index (κ3) is 4.14. The van der Waals surface area contributed by atoms with E-state index in [1.54, 1.807) is 18.2 Å². The Balaban J connectivity index is 1.96. The lowest BCUT2D eigenvalue weighted by Crippen LogP contribution is -2.30. The lowest BCUT2D eigenvalue weighted by Gasteiger charge is -2.16. The molecule has 130 valence electrons. The van der Waals surface area contributed by atoms with Crippen molar-refractivity contribution >= 4 is 33.6 Å². The van der Waals surface area contributed by atoms with E-state index in [4.69, 9.17) is 9.84 Å². The van der Waals surface area contributed by atoms with Gasteiger partial charge in [0, 0.05) is 30.4 Å². The number of aliphatic carboxylic acids is 1. The first-order valence-corrected chi connectivity index (χ1v) is 8.50. The van der Waals surface area contributed by atoms with Crippen LogP contribution in [0.1, 0.15) is 30.1 Å². The fourth-order valence-corrected chi connectivity index (χ4v) is 3.26. The second-order valence-corrected chi connectivity index (χ2v) is 6.90. The molecule has 1 aromatic rings. The number of likely N-dealkylation sites (tertiary alicyclic amines) is 1. The Hall–Kier alpha value is -1.89. The molecule has 1 N–H and O–H groups in total. The Labute approximate surface area is 148 Å². The number of methoxy groups -OCH3 is 1. The fourth-order valence-electron chi connectivity index (χ4n) is 2.90. The number of benzene rings is 1. The van der Waals surface area contributed by atoms with E-state index in [1.165, 1.54) is 12.0 Å². The number of ether oxygens (including phenoxy) is 1. The summed E-state index contributed by atoms with van der Waals surface area (Å²) in [6.45, 7) is 2.46. The molecule has 0 aromatic heterocycles. The van der Waals surface area contributed by atoms with Gasteiger partial charge in [-0.1, -0.05) is 22.9 Å². The maximum atomic E-state index is 12.4. The molecule has 2 atom stereocenters. The minimum atomic E-state index is -0.882. The van der Waals surface area contributed by atoms with Crippen molar-refractivity contribution in [1.29, 1.82) is 0 Å². The summed E-state index contributed by atoms with van der Waals surface area (Å²) in [5.74, 6) is -1.39. The number of carbonyl (C=O) groups excluding carboxylic acids is 2. The molecule has 0 bridgehead atoms. The molecule has 0 radical (unpaired) electrons. The number of nitrogens with zero attached hydrogens (tertiary/aromatic N) is 1. The van der Waals surface area contributed by atoms with Gasteiger partial charge in [0.25, 0.3) is 0 Å². The molecule has 24 heavy (non-hydrogen) atoms. The Morgan fingerprint density at radius 1 is 1.29 bits per heavy atom. The van der Waals surface area contributed by atoms with E-state index < -0.39 is 11.9 Å². The molecule has 0 aliphatic carbocycles. The molecule has 1 amide bonds. The molecule has 1 aromatic carbocycles. The highest BCUT2D eigenvalue weighted by Crippen LogP contribution is 2.26. The first-order chi connectivity index (χ1) is 11.3. The van der Waals surface area contributed by atoms with Gasteiger partial charge >= 0.3 is 5.97 Å². The zero-order chi connectivity index (χ0) is 17.9. The number of carboxylic acids is 1. The van der Waals surface area contributed by atoms with E-state index >= 15 is 0 Å². The highest BCUT2D eigenvalue weighted by atomic mass is 79.9. The van der Waals surface area contributed by atoms with Crippen LogP contribution in [0.25, 0.3) is 0 Å². The minimum absolute atomic E-state index is 0.0631. The number of Topliss-reactive ketones (excluding diaryl/α,β-unsaturated/α-hetero) is 1. The van der Waals surface area contributed by atoms with Crippen molar-refractivity contribution in [2.24, 2.45) is 11.8 Å². The average Bonchev–Trinajstić information content (AvgIpc) is 2.94. The van der Waals surface area contributed by atoms with Crippen LogP contribution in [0.5, 0.6) is 5.75 Å². The molecule has 0 saturated carbocycles. The molecule has 0 spiro atoms. The predicted octanol–water partition coefficient (Wildman–Crippen LogP) is 2.60. The molecular formula is C17H20BrNO5. The standard InChI is InChI=1S/C17H20BrNO5/c1-10-8-19(9-13(10)17(22)23)16(21)6-4-14(20)12-7-11(18)3-5-15(12)24-2/h3,5,7,10,13H,4,6,8-9H2,1-2H3,(H,22,23)/t10-,13-/m1/s1. The fraction of sp³-hybridized carbons (Fsp3) is 0.471. The zero-order valence-electron chi connectivity index (χ0n) is 13.6. The van der Waals surface area contributed by atoms with Gasteiger partial charge in [-0.25, -0.2) is 0 Å². The van der Waals surface area contributed by atoms with Gasteiger partial charge in [0.05, 0.1) is 18.6 Å². The van der Waals surface area contributed by atoms with Gasteiger partial charge in [-0.05, 0) is 24.1 Å². The molecule has 7 heteroatoms. The van der Waals surface area contributed by atoms with Crippen LogP contribution in [0.2, 0.25) is 0 Å². The van der Waals surface area contributed by atoms with Gasteiger partial charge in [-0.3, -0.25) is 14.4 Å². The van der Waals surface area contributed by atoms with Crippen LogP contribution in [0, 0.1) is 11.8 Å². The highest BCUT2D eigenvalue weighted by molar-refractivity contribution is 9.10. The molecule has 6 nitrogen and oxygen atoms in total. The molecule has 1 aliphatic heterocycles. The summed E-state index contributed by atoms with van der Waals surface area (Å²) in [5.41, 5.74) is 0.429. The van der Waals surface area contributed by atoms with Crippen molar-refractivity contribution in [3.05, 3.63) is 28.2 Å². The predicted molar refractivity (Wildman–Crippen MR) is 91.1 cm³/mol. The number of halogens is 1. The minimum Gasteiger partial charge on any atom is -0.496 e.